The molecule has 4 nitrogen and oxygen atoms in total. The molecule has 0 spiro atoms. The number of carbonyl (C=O) groups is 1. The molecule has 4 heteroatoms. The molecule has 0 unspecified atom stereocenters. The molecule has 1 aromatic heterocycles. The van der Waals surface area contributed by atoms with Gasteiger partial charge in [0.25, 0.3) is 5.91 Å². The molecular weight excluding hydrogens is 230 g/mol. The first-order valence-corrected chi connectivity index (χ1v) is 6.07. The minimum Gasteiger partial charge on any atom is -0.451 e. The van der Waals surface area contributed by atoms with Crippen LogP contribution in [0.25, 0.3) is 11.0 Å². The third kappa shape index (κ3) is 2.24. The van der Waals surface area contributed by atoms with Crippen LogP contribution in [0.5, 0.6) is 0 Å². The van der Waals surface area contributed by atoms with E-state index in [0.29, 0.717) is 17.8 Å². The molecule has 0 aliphatic heterocycles. The van der Waals surface area contributed by atoms with Crippen molar-refractivity contribution >= 4 is 16.9 Å². The largest absolute Gasteiger partial charge is 0.451 e. The maximum atomic E-state index is 12.0. The molecular formula is C14H17NO3. The molecule has 0 bridgehead atoms. The zero-order chi connectivity index (χ0) is 13.1. The van der Waals surface area contributed by atoms with Crippen molar-refractivity contribution in [3.05, 3.63) is 35.6 Å². The molecule has 1 aromatic carbocycles. The lowest BCUT2D eigenvalue weighted by Crippen LogP contribution is -2.37. The number of hydrogen-bond donors (Lipinski definition) is 2. The molecule has 0 aliphatic carbocycles. The monoisotopic (exact) mass is 247 g/mol. The molecule has 1 atom stereocenters. The van der Waals surface area contributed by atoms with Gasteiger partial charge in [-0.15, -0.1) is 0 Å². The van der Waals surface area contributed by atoms with E-state index in [2.05, 4.69) is 5.32 Å². The van der Waals surface area contributed by atoms with Gasteiger partial charge in [0, 0.05) is 10.9 Å². The van der Waals surface area contributed by atoms with E-state index < -0.39 is 0 Å². The number of nitrogens with one attached hydrogen (secondary N) is 1. The fourth-order valence-corrected chi connectivity index (χ4v) is 1.92. The molecule has 18 heavy (non-hydrogen) atoms. The first-order chi connectivity index (χ1) is 8.67. The van der Waals surface area contributed by atoms with Gasteiger partial charge in [0.15, 0.2) is 5.76 Å². The number of aliphatic hydroxyl groups is 1. The van der Waals surface area contributed by atoms with Gasteiger partial charge < -0.3 is 14.8 Å². The van der Waals surface area contributed by atoms with Gasteiger partial charge in [-0.3, -0.25) is 4.79 Å². The molecule has 0 radical (unpaired) electrons. The second-order valence-corrected chi connectivity index (χ2v) is 4.31. The van der Waals surface area contributed by atoms with Crippen molar-refractivity contribution in [3.63, 3.8) is 0 Å². The summed E-state index contributed by atoms with van der Waals surface area (Å²) in [5.41, 5.74) is 1.54. The van der Waals surface area contributed by atoms with E-state index in [9.17, 15) is 4.79 Å². The van der Waals surface area contributed by atoms with Gasteiger partial charge in [-0.05, 0) is 19.4 Å². The number of fused-ring (bicyclic) bond motifs is 1. The Kier molecular flexibility index (Phi) is 3.67. The molecule has 0 fully saturated rings. The lowest BCUT2D eigenvalue weighted by Gasteiger charge is -2.12. The third-order valence-electron chi connectivity index (χ3n) is 3.10. The lowest BCUT2D eigenvalue weighted by atomic mass is 10.1. The normalized spacial score (nSPS) is 12.6. The van der Waals surface area contributed by atoms with E-state index in [1.807, 2.05) is 38.1 Å². The zero-order valence-electron chi connectivity index (χ0n) is 10.6. The number of aryl methyl sites for hydroxylation is 1. The van der Waals surface area contributed by atoms with Crippen LogP contribution in [0.4, 0.5) is 0 Å². The number of aliphatic hydroxyl groups excluding tert-OH is 1. The fraction of sp³-hybridized carbons (Fsp3) is 0.357. The Morgan fingerprint density at radius 1 is 1.44 bits per heavy atom. The van der Waals surface area contributed by atoms with Crippen LogP contribution in [0.1, 0.15) is 29.5 Å². The Bertz CT molecular complexity index is 555. The van der Waals surface area contributed by atoms with Gasteiger partial charge in [0.2, 0.25) is 0 Å². The molecule has 0 saturated carbocycles. The highest BCUT2D eigenvalue weighted by atomic mass is 16.3. The highest BCUT2D eigenvalue weighted by Crippen LogP contribution is 2.24. The van der Waals surface area contributed by atoms with E-state index in [1.54, 1.807) is 0 Å². The van der Waals surface area contributed by atoms with Crippen LogP contribution in [0, 0.1) is 6.92 Å². The first-order valence-electron chi connectivity index (χ1n) is 6.07. The summed E-state index contributed by atoms with van der Waals surface area (Å²) in [5.74, 6) is 0.0488. The summed E-state index contributed by atoms with van der Waals surface area (Å²) < 4.78 is 5.56. The van der Waals surface area contributed by atoms with Crippen molar-refractivity contribution in [3.8, 4) is 0 Å². The van der Waals surface area contributed by atoms with E-state index in [0.717, 1.165) is 10.9 Å². The fourth-order valence-electron chi connectivity index (χ4n) is 1.92. The first kappa shape index (κ1) is 12.6. The Morgan fingerprint density at radius 2 is 2.17 bits per heavy atom. The predicted octanol–water partition coefficient (Wildman–Crippen LogP) is 2.24. The molecule has 2 aromatic rings. The summed E-state index contributed by atoms with van der Waals surface area (Å²) in [6, 6.07) is 7.31. The van der Waals surface area contributed by atoms with Crippen LogP contribution in [-0.4, -0.2) is 23.7 Å². The van der Waals surface area contributed by atoms with E-state index in [4.69, 9.17) is 9.52 Å². The maximum absolute atomic E-state index is 12.0. The summed E-state index contributed by atoms with van der Waals surface area (Å²) in [4.78, 5) is 12.0. The Morgan fingerprint density at radius 3 is 2.78 bits per heavy atom. The average Bonchev–Trinajstić information content (AvgIpc) is 2.74. The molecule has 1 amide bonds. The van der Waals surface area contributed by atoms with Gasteiger partial charge in [-0.2, -0.15) is 0 Å². The van der Waals surface area contributed by atoms with Crippen LogP contribution >= 0.6 is 0 Å². The topological polar surface area (TPSA) is 62.5 Å². The van der Waals surface area contributed by atoms with Gasteiger partial charge in [0.05, 0.1) is 12.6 Å². The molecule has 96 valence electrons. The summed E-state index contributed by atoms with van der Waals surface area (Å²) in [6.07, 6.45) is 0.682. The van der Waals surface area contributed by atoms with Gasteiger partial charge >= 0.3 is 0 Å². The van der Waals surface area contributed by atoms with Gasteiger partial charge in [-0.25, -0.2) is 0 Å². The number of amides is 1. The zero-order valence-corrected chi connectivity index (χ0v) is 10.6. The van der Waals surface area contributed by atoms with Crippen molar-refractivity contribution in [1.29, 1.82) is 0 Å². The number of carbonyl (C=O) groups excluding carboxylic acids is 1. The van der Waals surface area contributed by atoms with Crippen LogP contribution in [-0.2, 0) is 0 Å². The van der Waals surface area contributed by atoms with Crippen molar-refractivity contribution in [1.82, 2.24) is 5.32 Å². The predicted molar refractivity (Wildman–Crippen MR) is 69.6 cm³/mol. The average molecular weight is 247 g/mol. The van der Waals surface area contributed by atoms with Gasteiger partial charge in [0.1, 0.15) is 5.58 Å². The highest BCUT2D eigenvalue weighted by Gasteiger charge is 2.19. The quantitative estimate of drug-likeness (QED) is 0.871. The Hall–Kier alpha value is -1.81. The minimum atomic E-state index is -0.274. The van der Waals surface area contributed by atoms with Crippen molar-refractivity contribution < 1.29 is 14.3 Å². The van der Waals surface area contributed by atoms with Crippen molar-refractivity contribution in [2.24, 2.45) is 0 Å². The maximum Gasteiger partial charge on any atom is 0.287 e. The molecule has 1 heterocycles. The van der Waals surface area contributed by atoms with Gasteiger partial charge in [-0.1, -0.05) is 25.1 Å². The molecule has 0 aliphatic rings. The van der Waals surface area contributed by atoms with Crippen LogP contribution in [0.2, 0.25) is 0 Å². The summed E-state index contributed by atoms with van der Waals surface area (Å²) in [5, 5.41) is 12.8. The minimum absolute atomic E-state index is 0.0679. The second-order valence-electron chi connectivity index (χ2n) is 4.31. The number of benzene rings is 1. The Balaban J connectivity index is 2.30. The van der Waals surface area contributed by atoms with Crippen molar-refractivity contribution in [2.45, 2.75) is 26.3 Å². The highest BCUT2D eigenvalue weighted by molar-refractivity contribution is 5.99. The second kappa shape index (κ2) is 5.23. The Labute approximate surface area is 106 Å². The standard InChI is InChI=1S/C14H17NO3/c1-3-10(8-16)15-14(17)13-9(2)11-6-4-5-7-12(11)18-13/h4-7,10,16H,3,8H2,1-2H3,(H,15,17)/t10-/m0/s1. The van der Waals surface area contributed by atoms with Crippen LogP contribution in [0.3, 0.4) is 0 Å². The van der Waals surface area contributed by atoms with Crippen LogP contribution in [0.15, 0.2) is 28.7 Å². The number of rotatable bonds is 4. The van der Waals surface area contributed by atoms with E-state index in [1.165, 1.54) is 0 Å². The molecule has 2 rings (SSSR count). The molecule has 0 saturated heterocycles. The number of para-hydroxylation sites is 1. The van der Waals surface area contributed by atoms with E-state index >= 15 is 0 Å². The summed E-state index contributed by atoms with van der Waals surface area (Å²) in [7, 11) is 0. The summed E-state index contributed by atoms with van der Waals surface area (Å²) in [6.45, 7) is 3.70. The third-order valence-corrected chi connectivity index (χ3v) is 3.10. The van der Waals surface area contributed by atoms with Crippen molar-refractivity contribution in [2.75, 3.05) is 6.61 Å². The number of furan rings is 1. The smallest absolute Gasteiger partial charge is 0.287 e. The number of hydrogen-bond acceptors (Lipinski definition) is 3. The van der Waals surface area contributed by atoms with Crippen LogP contribution < -0.4 is 5.32 Å². The molecule has 2 N–H and O–H groups in total. The SMILES string of the molecule is CC[C@@H](CO)NC(=O)c1oc2ccccc2c1C. The lowest BCUT2D eigenvalue weighted by molar-refractivity contribution is 0.0888. The summed E-state index contributed by atoms with van der Waals surface area (Å²) >= 11 is 0. The van der Waals surface area contributed by atoms with E-state index in [-0.39, 0.29) is 18.6 Å².